The average Bonchev–Trinajstić information content (AvgIpc) is 0. The Balaban J connectivity index is 0. The van der Waals surface area contributed by atoms with E-state index in [1.54, 1.807) is 0 Å². The van der Waals surface area contributed by atoms with Crippen molar-refractivity contribution in [3.8, 4) is 0 Å². The van der Waals surface area contributed by atoms with E-state index in [9.17, 15) is 0 Å². The quantitative estimate of drug-likeness (QED) is 0.218. The molecule has 0 aromatic carbocycles. The summed E-state index contributed by atoms with van der Waals surface area (Å²) in [5.41, 5.74) is 0. The van der Waals surface area contributed by atoms with Crippen LogP contribution in [0.25, 0.3) is 0 Å². The van der Waals surface area contributed by atoms with Crippen molar-refractivity contribution in [2.75, 3.05) is 0 Å². The Morgan fingerprint density at radius 1 is 0.364 bits per heavy atom. The summed E-state index contributed by atoms with van der Waals surface area (Å²) in [6.45, 7) is 0. The molecule has 0 unspecified atom stereocenters. The Labute approximate surface area is 163 Å². The van der Waals surface area contributed by atoms with Crippen LogP contribution in [-0.4, -0.2) is 102 Å². The molecule has 0 aliphatic carbocycles. The fourth-order valence-electron chi connectivity index (χ4n) is 0. The van der Waals surface area contributed by atoms with Gasteiger partial charge in [-0.15, -0.1) is 0 Å². The van der Waals surface area contributed by atoms with Crippen LogP contribution in [0.4, 0.5) is 0 Å². The minimum atomic E-state index is 0. The number of rotatable bonds is 0. The molecular weight excluding hydrogens is 851 g/mol. The van der Waals surface area contributed by atoms with Crippen LogP contribution in [0.1, 0.15) is 0 Å². The fraction of sp³-hybridized carbons (Fsp3) is 0. The van der Waals surface area contributed by atoms with E-state index in [4.69, 9.17) is 0 Å². The molecule has 0 atom stereocenters. The normalized spacial score (nSPS) is 0. The zero-order valence-electron chi connectivity index (χ0n) is 5.35. The Morgan fingerprint density at radius 2 is 0.364 bits per heavy atom. The minimum Gasteiger partial charge on any atom is 5.00 e. The summed E-state index contributed by atoms with van der Waals surface area (Å²) >= 11 is 0. The number of hydrogen-bond donors (Lipinski definition) is 0. The van der Waals surface area contributed by atoms with Gasteiger partial charge in [-0.1, -0.05) is 0 Å². The second-order valence-electron chi connectivity index (χ2n) is 0. The molecule has 4 radical (unpaired) electrons. The largest absolute Gasteiger partial charge is 5.00 e. The topological polar surface area (TPSA) is 142 Å². The smallest absolute Gasteiger partial charge is 5.00 e. The molecule has 0 aromatic rings. The molecule has 0 heterocycles. The summed E-state index contributed by atoms with van der Waals surface area (Å²) in [5.74, 6) is 0. The molecule has 11 heavy (non-hydrogen) atoms. The molecule has 0 rings (SSSR count). The number of hydrogen-bond acceptors (Lipinski definition) is 0. The van der Waals surface area contributed by atoms with Gasteiger partial charge >= 0.3 is 139 Å². The van der Waals surface area contributed by atoms with Crippen LogP contribution in [0.5, 0.6) is 0 Å². The predicted octanol–water partition coefficient (Wildman–Crippen LogP) is -4.26. The Kier molecular flexibility index (Phi) is 2010. The fourth-order valence-corrected chi connectivity index (χ4v) is 0. The Hall–Kier alpha value is 4.39. The summed E-state index contributed by atoms with van der Waals surface area (Å²) in [5, 5.41) is 0. The van der Waals surface area contributed by atoms with Gasteiger partial charge in [0.05, 0.1) is 0 Å². The van der Waals surface area contributed by atoms with Crippen molar-refractivity contribution in [3.05, 3.63) is 0 Å². The first kappa shape index (κ1) is 165. The minimum absolute atomic E-state index is 0. The maximum absolute atomic E-state index is 0. The van der Waals surface area contributed by atoms with Gasteiger partial charge in [0.2, 0.25) is 0 Å². The van der Waals surface area contributed by atoms with Gasteiger partial charge in [0.15, 0.2) is 0 Å². The second-order valence-corrected chi connectivity index (χ2v) is 0. The molecule has 0 bridgehead atoms. The van der Waals surface area contributed by atoms with Crippen molar-refractivity contribution in [2.45, 2.75) is 0 Å². The Morgan fingerprint density at radius 3 is 0.364 bits per heavy atom. The summed E-state index contributed by atoms with van der Waals surface area (Å²) in [6.07, 6.45) is 0. The molecule has 5 nitrogen and oxygen atoms in total. The average molecular weight is 860 g/mol. The van der Waals surface area contributed by atoms with Gasteiger partial charge in [-0.2, -0.15) is 0 Å². The van der Waals surface area contributed by atoms with Gasteiger partial charge in [0.25, 0.3) is 0 Å². The van der Waals surface area contributed by atoms with E-state index >= 15 is 0 Å². The standard InChI is InChI=1S/5O.2Pb.2H2Te.2V.4H/h;;;;;;;2*1H2;;;;;;/q5*-2;;;;;2*+5;;;;. The van der Waals surface area contributed by atoms with E-state index in [1.165, 1.54) is 0 Å². The second kappa shape index (κ2) is 134. The zero-order chi connectivity index (χ0) is 0. The summed E-state index contributed by atoms with van der Waals surface area (Å²) in [6, 6.07) is 0. The maximum atomic E-state index is 0. The van der Waals surface area contributed by atoms with Gasteiger partial charge in [-0.3, -0.25) is 0 Å². The molecule has 0 amide bonds. The van der Waals surface area contributed by atoms with Crippen LogP contribution < -0.4 is 0 Å². The van der Waals surface area contributed by atoms with Crippen LogP contribution in [-0.2, 0) is 64.5 Å². The van der Waals surface area contributed by atoms with Crippen molar-refractivity contribution < 1.29 is 64.5 Å². The van der Waals surface area contributed by atoms with Crippen LogP contribution in [0.3, 0.4) is 0 Å². The van der Waals surface area contributed by atoms with Crippen LogP contribution in [0.15, 0.2) is 0 Å². The molecule has 0 aromatic heterocycles. The molecule has 0 fully saturated rings. The van der Waals surface area contributed by atoms with E-state index in [1.807, 2.05) is 0 Å². The van der Waals surface area contributed by atoms with Crippen molar-refractivity contribution >= 4 is 102 Å². The zero-order valence-corrected chi connectivity index (χ0v) is 24.8. The predicted molar refractivity (Wildman–Crippen MR) is 37.6 cm³/mol. The molecule has 0 aliphatic heterocycles. The van der Waals surface area contributed by atoms with Crippen LogP contribution in [0, 0.1) is 0 Å². The van der Waals surface area contributed by atoms with E-state index in [0.29, 0.717) is 0 Å². The van der Waals surface area contributed by atoms with Gasteiger partial charge in [0, 0.05) is 0 Å². The summed E-state index contributed by atoms with van der Waals surface area (Å²) in [7, 11) is 0. The third kappa shape index (κ3) is 115. The van der Waals surface area contributed by atoms with E-state index in [-0.39, 0.29) is 166 Å². The SMILES string of the molecule is [O-2].[O-2].[O-2].[O-2].[O-2].[PbH2].[PbH2].[TeH2].[TeH2].[V+5].[V+5]. The van der Waals surface area contributed by atoms with Gasteiger partial charge in [0.1, 0.15) is 0 Å². The molecule has 0 spiro atoms. The van der Waals surface area contributed by atoms with Gasteiger partial charge in [-0.05, 0) is 0 Å². The van der Waals surface area contributed by atoms with E-state index in [2.05, 4.69) is 0 Å². The van der Waals surface area contributed by atoms with Crippen LogP contribution in [0.2, 0.25) is 0 Å². The summed E-state index contributed by atoms with van der Waals surface area (Å²) < 4.78 is 0. The van der Waals surface area contributed by atoms with Crippen molar-refractivity contribution in [2.24, 2.45) is 0 Å². The molecule has 0 N–H and O–H groups in total. The first-order chi connectivity index (χ1) is 0. The third-order valence-corrected chi connectivity index (χ3v) is 0. The van der Waals surface area contributed by atoms with Crippen molar-refractivity contribution in [1.82, 2.24) is 0 Å². The summed E-state index contributed by atoms with van der Waals surface area (Å²) in [4.78, 5) is 0. The third-order valence-electron chi connectivity index (χ3n) is 0. The molecule has 11 heteroatoms. The van der Waals surface area contributed by atoms with Gasteiger partial charge in [-0.25, -0.2) is 0 Å². The first-order valence-corrected chi connectivity index (χ1v) is 0. The molecule has 0 saturated carbocycles. The Bertz CT molecular complexity index is 20.4. The molecule has 0 aliphatic rings. The molecule has 0 saturated heterocycles. The first-order valence-electron chi connectivity index (χ1n) is 0. The van der Waals surface area contributed by atoms with Crippen molar-refractivity contribution in [1.29, 1.82) is 0 Å². The van der Waals surface area contributed by atoms with Crippen molar-refractivity contribution in [3.63, 3.8) is 0 Å². The molecule has 68 valence electrons. The van der Waals surface area contributed by atoms with Crippen LogP contribution >= 0.6 is 0 Å². The van der Waals surface area contributed by atoms with Gasteiger partial charge < -0.3 is 27.4 Å². The molecular formula is H8O5Pb2Te2V2. The maximum Gasteiger partial charge on any atom is 5.00 e. The van der Waals surface area contributed by atoms with E-state index < -0.39 is 0 Å². The monoisotopic (exact) mass is 866 g/mol. The van der Waals surface area contributed by atoms with E-state index in [0.717, 1.165) is 0 Å².